The number of aliphatic carboxylic acids is 1. The lowest BCUT2D eigenvalue weighted by Crippen LogP contribution is -2.35. The molecule has 1 saturated heterocycles. The van der Waals surface area contributed by atoms with Crippen molar-refractivity contribution >= 4 is 11.9 Å². The van der Waals surface area contributed by atoms with Gasteiger partial charge in [0.15, 0.2) is 0 Å². The number of aromatic nitrogens is 1. The molecule has 1 aromatic rings. The molecule has 0 bridgehead atoms. The highest BCUT2D eigenvalue weighted by atomic mass is 19.4. The molecule has 1 aliphatic heterocycles. The fourth-order valence-corrected chi connectivity index (χ4v) is 1.74. The first-order chi connectivity index (χ1) is 10.3. The SMILES string of the molecule is O=C(NCC1CCNCC1)c1ccno1.O=C(O)C(F)(F)F. The number of rotatable bonds is 3. The molecule has 2 rings (SSSR count). The second-order valence-electron chi connectivity index (χ2n) is 4.58. The van der Waals surface area contributed by atoms with Crippen LogP contribution in [0.25, 0.3) is 0 Å². The van der Waals surface area contributed by atoms with Crippen LogP contribution in [0.4, 0.5) is 13.2 Å². The standard InChI is InChI=1S/C10H15N3O2.C2HF3O2/c14-10(9-3-6-13-15-9)12-7-8-1-4-11-5-2-8;3-2(4,5)1(6)7/h3,6,8,11H,1-2,4-5,7H2,(H,12,14);(H,6,7). The molecule has 0 saturated carbocycles. The van der Waals surface area contributed by atoms with Crippen LogP contribution in [0.3, 0.4) is 0 Å². The largest absolute Gasteiger partial charge is 0.490 e. The number of amides is 1. The number of nitrogens with one attached hydrogen (secondary N) is 2. The summed E-state index contributed by atoms with van der Waals surface area (Å²) in [4.78, 5) is 20.4. The van der Waals surface area contributed by atoms with Gasteiger partial charge >= 0.3 is 12.1 Å². The Labute approximate surface area is 123 Å². The van der Waals surface area contributed by atoms with Crippen molar-refractivity contribution in [3.05, 3.63) is 18.0 Å². The minimum absolute atomic E-state index is 0.175. The number of hydrogen-bond donors (Lipinski definition) is 3. The smallest absolute Gasteiger partial charge is 0.475 e. The van der Waals surface area contributed by atoms with Crippen LogP contribution in [-0.4, -0.2) is 48.0 Å². The van der Waals surface area contributed by atoms with Gasteiger partial charge < -0.3 is 20.3 Å². The van der Waals surface area contributed by atoms with Gasteiger partial charge in [0.2, 0.25) is 5.76 Å². The number of halogens is 3. The molecule has 7 nitrogen and oxygen atoms in total. The van der Waals surface area contributed by atoms with E-state index in [1.807, 2.05) is 0 Å². The van der Waals surface area contributed by atoms with Gasteiger partial charge in [-0.25, -0.2) is 4.79 Å². The van der Waals surface area contributed by atoms with Gasteiger partial charge in [-0.15, -0.1) is 0 Å². The molecule has 0 aromatic carbocycles. The van der Waals surface area contributed by atoms with Crippen molar-refractivity contribution in [2.24, 2.45) is 5.92 Å². The predicted molar refractivity (Wildman–Crippen MR) is 68.1 cm³/mol. The van der Waals surface area contributed by atoms with Crippen LogP contribution in [0.2, 0.25) is 0 Å². The van der Waals surface area contributed by atoms with Crippen molar-refractivity contribution in [1.29, 1.82) is 0 Å². The maximum absolute atomic E-state index is 11.5. The number of alkyl halides is 3. The molecule has 124 valence electrons. The Kier molecular flexibility index (Phi) is 6.83. The normalized spacial score (nSPS) is 15.6. The number of carboxylic acid groups (broad SMARTS) is 1. The highest BCUT2D eigenvalue weighted by molar-refractivity contribution is 5.91. The summed E-state index contributed by atoms with van der Waals surface area (Å²) in [6.07, 6.45) is -1.37. The van der Waals surface area contributed by atoms with Crippen LogP contribution >= 0.6 is 0 Å². The van der Waals surface area contributed by atoms with Crippen molar-refractivity contribution in [3.63, 3.8) is 0 Å². The average molecular weight is 323 g/mol. The third kappa shape index (κ3) is 6.57. The molecule has 1 aromatic heterocycles. The molecule has 2 heterocycles. The van der Waals surface area contributed by atoms with E-state index in [0.717, 1.165) is 32.5 Å². The van der Waals surface area contributed by atoms with Crippen LogP contribution in [0.1, 0.15) is 23.4 Å². The molecule has 0 unspecified atom stereocenters. The fourth-order valence-electron chi connectivity index (χ4n) is 1.74. The van der Waals surface area contributed by atoms with Crippen LogP contribution in [0.15, 0.2) is 16.8 Å². The number of carboxylic acids is 1. The van der Waals surface area contributed by atoms with E-state index in [2.05, 4.69) is 15.8 Å². The zero-order chi connectivity index (χ0) is 16.6. The zero-order valence-corrected chi connectivity index (χ0v) is 11.5. The van der Waals surface area contributed by atoms with E-state index in [0.29, 0.717) is 5.92 Å². The fraction of sp³-hybridized carbons (Fsp3) is 0.583. The molecule has 3 N–H and O–H groups in total. The Morgan fingerprint density at radius 3 is 2.45 bits per heavy atom. The lowest BCUT2D eigenvalue weighted by atomic mass is 9.98. The van der Waals surface area contributed by atoms with Crippen LogP contribution < -0.4 is 10.6 Å². The highest BCUT2D eigenvalue weighted by Crippen LogP contribution is 2.13. The first-order valence-corrected chi connectivity index (χ1v) is 6.50. The number of hydrogen-bond acceptors (Lipinski definition) is 5. The summed E-state index contributed by atoms with van der Waals surface area (Å²) in [6, 6.07) is 1.57. The lowest BCUT2D eigenvalue weighted by molar-refractivity contribution is -0.192. The van der Waals surface area contributed by atoms with Crippen molar-refractivity contribution in [2.75, 3.05) is 19.6 Å². The van der Waals surface area contributed by atoms with Crippen molar-refractivity contribution in [2.45, 2.75) is 19.0 Å². The number of carbonyl (C=O) groups excluding carboxylic acids is 1. The maximum atomic E-state index is 11.5. The molecule has 0 aliphatic carbocycles. The van der Waals surface area contributed by atoms with E-state index in [4.69, 9.17) is 14.4 Å². The minimum atomic E-state index is -5.08. The minimum Gasteiger partial charge on any atom is -0.475 e. The van der Waals surface area contributed by atoms with E-state index < -0.39 is 12.1 Å². The van der Waals surface area contributed by atoms with Crippen LogP contribution in [-0.2, 0) is 4.79 Å². The highest BCUT2D eigenvalue weighted by Gasteiger charge is 2.38. The van der Waals surface area contributed by atoms with Gasteiger partial charge in [0, 0.05) is 12.6 Å². The molecular formula is C12H16F3N3O4. The molecule has 1 fully saturated rings. The second kappa shape index (κ2) is 8.37. The molecule has 0 radical (unpaired) electrons. The molecule has 0 atom stereocenters. The molecule has 22 heavy (non-hydrogen) atoms. The summed E-state index contributed by atoms with van der Waals surface area (Å²) in [5, 5.41) is 16.8. The number of carbonyl (C=O) groups is 2. The Bertz CT molecular complexity index is 470. The summed E-state index contributed by atoms with van der Waals surface area (Å²) in [6.45, 7) is 2.81. The van der Waals surface area contributed by atoms with Gasteiger partial charge in [0.05, 0.1) is 6.20 Å². The monoisotopic (exact) mass is 323 g/mol. The Hall–Kier alpha value is -2.10. The van der Waals surface area contributed by atoms with Crippen molar-refractivity contribution in [3.8, 4) is 0 Å². The maximum Gasteiger partial charge on any atom is 0.490 e. The van der Waals surface area contributed by atoms with Gasteiger partial charge in [-0.1, -0.05) is 5.16 Å². The van der Waals surface area contributed by atoms with E-state index in [1.54, 1.807) is 6.07 Å². The summed E-state index contributed by atoms with van der Waals surface area (Å²) in [5.41, 5.74) is 0. The molecular weight excluding hydrogens is 307 g/mol. The van der Waals surface area contributed by atoms with Crippen molar-refractivity contribution in [1.82, 2.24) is 15.8 Å². The Morgan fingerprint density at radius 2 is 2.00 bits per heavy atom. The molecule has 0 spiro atoms. The molecule has 10 heteroatoms. The third-order valence-corrected chi connectivity index (χ3v) is 2.91. The zero-order valence-electron chi connectivity index (χ0n) is 11.5. The van der Waals surface area contributed by atoms with Gasteiger partial charge in [-0.3, -0.25) is 4.79 Å². The summed E-state index contributed by atoms with van der Waals surface area (Å²) in [7, 11) is 0. The van der Waals surface area contributed by atoms with Crippen LogP contribution in [0.5, 0.6) is 0 Å². The first-order valence-electron chi connectivity index (χ1n) is 6.50. The van der Waals surface area contributed by atoms with E-state index in [-0.39, 0.29) is 11.7 Å². The molecule has 1 aliphatic rings. The summed E-state index contributed by atoms with van der Waals surface area (Å²) in [5.74, 6) is -2.07. The quantitative estimate of drug-likeness (QED) is 0.768. The van der Waals surface area contributed by atoms with E-state index in [1.165, 1.54) is 6.20 Å². The van der Waals surface area contributed by atoms with Gasteiger partial charge in [-0.05, 0) is 31.8 Å². The first kappa shape index (κ1) is 18.0. The second-order valence-corrected chi connectivity index (χ2v) is 4.58. The molecule has 1 amide bonds. The summed E-state index contributed by atoms with van der Waals surface area (Å²) < 4.78 is 36.5. The summed E-state index contributed by atoms with van der Waals surface area (Å²) >= 11 is 0. The van der Waals surface area contributed by atoms with Crippen LogP contribution in [0, 0.1) is 5.92 Å². The van der Waals surface area contributed by atoms with E-state index in [9.17, 15) is 18.0 Å². The predicted octanol–water partition coefficient (Wildman–Crippen LogP) is 1.04. The third-order valence-electron chi connectivity index (χ3n) is 2.91. The van der Waals surface area contributed by atoms with Gasteiger partial charge in [0.1, 0.15) is 0 Å². The van der Waals surface area contributed by atoms with Crippen molar-refractivity contribution < 1.29 is 32.4 Å². The average Bonchev–Trinajstić information content (AvgIpc) is 3.00. The lowest BCUT2D eigenvalue weighted by Gasteiger charge is -2.22. The Morgan fingerprint density at radius 1 is 1.41 bits per heavy atom. The number of nitrogens with zero attached hydrogens (tertiary/aromatic N) is 1. The van der Waals surface area contributed by atoms with Gasteiger partial charge in [0.25, 0.3) is 5.91 Å². The number of piperidine rings is 1. The topological polar surface area (TPSA) is 104 Å². The van der Waals surface area contributed by atoms with Gasteiger partial charge in [-0.2, -0.15) is 13.2 Å². The Balaban J connectivity index is 0.000000295. The van der Waals surface area contributed by atoms with E-state index >= 15 is 0 Å².